The molecule has 0 saturated carbocycles. The Morgan fingerprint density at radius 2 is 1.36 bits per heavy atom. The van der Waals surface area contributed by atoms with Gasteiger partial charge in [-0.2, -0.15) is 0 Å². The Morgan fingerprint density at radius 3 is 1.55 bits per heavy atom. The van der Waals surface area contributed by atoms with Gasteiger partial charge in [-0.1, -0.05) is 21.3 Å². The van der Waals surface area contributed by atoms with E-state index in [4.69, 9.17) is 0 Å². The van der Waals surface area contributed by atoms with Crippen molar-refractivity contribution in [3.05, 3.63) is 23.8 Å². The summed E-state index contributed by atoms with van der Waals surface area (Å²) in [4.78, 5) is 7.86. The Balaban J connectivity index is 0. The van der Waals surface area contributed by atoms with Gasteiger partial charge >= 0.3 is 0 Å². The van der Waals surface area contributed by atoms with E-state index >= 15 is 0 Å². The number of hydrogen-bond acceptors (Lipinski definition) is 2. The fourth-order valence-electron chi connectivity index (χ4n) is 0.588. The lowest BCUT2D eigenvalue weighted by Crippen LogP contribution is -1.84. The van der Waals surface area contributed by atoms with E-state index in [0.717, 1.165) is 11.4 Å². The minimum Gasteiger partial charge on any atom is -0.242 e. The van der Waals surface area contributed by atoms with E-state index in [2.05, 4.69) is 9.97 Å². The van der Waals surface area contributed by atoms with Crippen LogP contribution in [0.5, 0.6) is 0 Å². The standard InChI is InChI=1S/C6H8N2.C2H6.CH4/c1-5-3-6(2)8-4-7-5;1-2;/h3-4H,1-2H3;1-2H3;1H4. The molecule has 2 heteroatoms. The second kappa shape index (κ2) is 7.19. The third-order valence-electron chi connectivity index (χ3n) is 0.941. The molecule has 64 valence electrons. The Hall–Kier alpha value is -0.920. The van der Waals surface area contributed by atoms with Crippen LogP contribution in [0, 0.1) is 13.8 Å². The minimum atomic E-state index is 0. The molecule has 0 unspecified atom stereocenters. The van der Waals surface area contributed by atoms with Gasteiger partial charge in [-0.05, 0) is 19.9 Å². The van der Waals surface area contributed by atoms with E-state index in [1.54, 1.807) is 6.33 Å². The fourth-order valence-corrected chi connectivity index (χ4v) is 0.588. The molecule has 1 aromatic heterocycles. The lowest BCUT2D eigenvalue weighted by molar-refractivity contribution is 1.05. The van der Waals surface area contributed by atoms with E-state index in [-0.39, 0.29) is 7.43 Å². The smallest absolute Gasteiger partial charge is 0.115 e. The van der Waals surface area contributed by atoms with E-state index < -0.39 is 0 Å². The lowest BCUT2D eigenvalue weighted by atomic mass is 10.4. The van der Waals surface area contributed by atoms with Crippen molar-refractivity contribution in [3.63, 3.8) is 0 Å². The molecule has 0 fully saturated rings. The van der Waals surface area contributed by atoms with Gasteiger partial charge < -0.3 is 0 Å². The normalized spacial score (nSPS) is 7.27. The van der Waals surface area contributed by atoms with Crippen LogP contribution < -0.4 is 0 Å². The molecule has 0 spiro atoms. The molecule has 0 saturated heterocycles. The molecule has 0 atom stereocenters. The zero-order chi connectivity index (χ0) is 7.98. The molecule has 1 aromatic rings. The summed E-state index contributed by atoms with van der Waals surface area (Å²) in [5, 5.41) is 0. The monoisotopic (exact) mass is 154 g/mol. The van der Waals surface area contributed by atoms with Crippen molar-refractivity contribution in [1.29, 1.82) is 0 Å². The van der Waals surface area contributed by atoms with Crippen molar-refractivity contribution >= 4 is 0 Å². The van der Waals surface area contributed by atoms with Gasteiger partial charge in [0.05, 0.1) is 0 Å². The second-order valence-electron chi connectivity index (χ2n) is 1.80. The van der Waals surface area contributed by atoms with Gasteiger partial charge in [-0.15, -0.1) is 0 Å². The van der Waals surface area contributed by atoms with Crippen LogP contribution >= 0.6 is 0 Å². The van der Waals surface area contributed by atoms with Crippen LogP contribution in [0.4, 0.5) is 0 Å². The number of rotatable bonds is 0. The summed E-state index contributed by atoms with van der Waals surface area (Å²) in [5.74, 6) is 0. The molecular formula is C9H18N2. The highest BCUT2D eigenvalue weighted by atomic mass is 14.8. The first-order chi connectivity index (χ1) is 4.79. The largest absolute Gasteiger partial charge is 0.242 e. The maximum atomic E-state index is 3.93. The summed E-state index contributed by atoms with van der Waals surface area (Å²) in [7, 11) is 0. The third-order valence-corrected chi connectivity index (χ3v) is 0.941. The average molecular weight is 154 g/mol. The summed E-state index contributed by atoms with van der Waals surface area (Å²) in [5.41, 5.74) is 2.05. The Morgan fingerprint density at radius 1 is 1.00 bits per heavy atom. The lowest BCUT2D eigenvalue weighted by Gasteiger charge is -1.89. The van der Waals surface area contributed by atoms with Gasteiger partial charge in [0.15, 0.2) is 0 Å². The molecule has 11 heavy (non-hydrogen) atoms. The van der Waals surface area contributed by atoms with Crippen molar-refractivity contribution in [2.24, 2.45) is 0 Å². The Labute approximate surface area is 69.7 Å². The molecule has 0 N–H and O–H groups in total. The van der Waals surface area contributed by atoms with Gasteiger partial charge in [-0.25, -0.2) is 9.97 Å². The van der Waals surface area contributed by atoms with Crippen molar-refractivity contribution in [1.82, 2.24) is 9.97 Å². The van der Waals surface area contributed by atoms with Gasteiger partial charge in [0, 0.05) is 11.4 Å². The van der Waals surface area contributed by atoms with Gasteiger partial charge in [0.25, 0.3) is 0 Å². The number of aryl methyl sites for hydroxylation is 2. The Bertz CT molecular complexity index is 167. The minimum absolute atomic E-state index is 0. The van der Waals surface area contributed by atoms with Crippen molar-refractivity contribution in [2.75, 3.05) is 0 Å². The van der Waals surface area contributed by atoms with Crippen LogP contribution in [-0.2, 0) is 0 Å². The molecule has 0 aliphatic rings. The van der Waals surface area contributed by atoms with Gasteiger partial charge in [-0.3, -0.25) is 0 Å². The average Bonchev–Trinajstić information content (AvgIpc) is 1.91. The van der Waals surface area contributed by atoms with Gasteiger partial charge in [0.2, 0.25) is 0 Å². The maximum absolute atomic E-state index is 3.93. The zero-order valence-electron chi connectivity index (χ0n) is 7.05. The SMILES string of the molecule is C.CC.Cc1cc(C)ncn1. The van der Waals surface area contributed by atoms with Crippen LogP contribution in [0.3, 0.4) is 0 Å². The first kappa shape index (κ1) is 12.7. The number of aromatic nitrogens is 2. The first-order valence-corrected chi connectivity index (χ1v) is 3.54. The molecule has 0 amide bonds. The number of nitrogens with zero attached hydrogens (tertiary/aromatic N) is 2. The quantitative estimate of drug-likeness (QED) is 0.574. The summed E-state index contributed by atoms with van der Waals surface area (Å²) in [6, 6.07) is 1.94. The third kappa shape index (κ3) is 5.52. The molecule has 0 bridgehead atoms. The zero-order valence-corrected chi connectivity index (χ0v) is 7.05. The van der Waals surface area contributed by atoms with Crippen molar-refractivity contribution in [2.45, 2.75) is 35.1 Å². The molecule has 1 rings (SSSR count). The molecule has 0 aromatic carbocycles. The predicted molar refractivity (Wildman–Crippen MR) is 49.6 cm³/mol. The number of hydrogen-bond donors (Lipinski definition) is 0. The summed E-state index contributed by atoms with van der Waals surface area (Å²) in [6.07, 6.45) is 1.57. The highest BCUT2D eigenvalue weighted by molar-refractivity contribution is 5.03. The molecule has 2 nitrogen and oxygen atoms in total. The summed E-state index contributed by atoms with van der Waals surface area (Å²) < 4.78 is 0. The Kier molecular flexibility index (Phi) is 8.32. The first-order valence-electron chi connectivity index (χ1n) is 3.54. The molecule has 0 aliphatic carbocycles. The second-order valence-corrected chi connectivity index (χ2v) is 1.80. The highest BCUT2D eigenvalue weighted by Crippen LogP contribution is 1.91. The van der Waals surface area contributed by atoms with Crippen LogP contribution in [-0.4, -0.2) is 9.97 Å². The predicted octanol–water partition coefficient (Wildman–Crippen LogP) is 2.76. The van der Waals surface area contributed by atoms with E-state index in [1.807, 2.05) is 33.8 Å². The van der Waals surface area contributed by atoms with E-state index in [9.17, 15) is 0 Å². The van der Waals surface area contributed by atoms with Crippen LogP contribution in [0.15, 0.2) is 12.4 Å². The van der Waals surface area contributed by atoms with Crippen molar-refractivity contribution < 1.29 is 0 Å². The fraction of sp³-hybridized carbons (Fsp3) is 0.556. The molecule has 1 heterocycles. The van der Waals surface area contributed by atoms with E-state index in [1.165, 1.54) is 0 Å². The summed E-state index contributed by atoms with van der Waals surface area (Å²) >= 11 is 0. The van der Waals surface area contributed by atoms with E-state index in [0.29, 0.717) is 0 Å². The molecular weight excluding hydrogens is 136 g/mol. The molecule has 0 aliphatic heterocycles. The van der Waals surface area contributed by atoms with Crippen LogP contribution in [0.1, 0.15) is 32.7 Å². The van der Waals surface area contributed by atoms with Crippen LogP contribution in [0.2, 0.25) is 0 Å². The van der Waals surface area contributed by atoms with Crippen molar-refractivity contribution in [3.8, 4) is 0 Å². The maximum Gasteiger partial charge on any atom is 0.115 e. The topological polar surface area (TPSA) is 25.8 Å². The summed E-state index contributed by atoms with van der Waals surface area (Å²) in [6.45, 7) is 7.91. The van der Waals surface area contributed by atoms with Crippen LogP contribution in [0.25, 0.3) is 0 Å². The molecule has 0 radical (unpaired) electrons. The van der Waals surface area contributed by atoms with Gasteiger partial charge in [0.1, 0.15) is 6.33 Å². The highest BCUT2D eigenvalue weighted by Gasteiger charge is 1.83.